The summed E-state index contributed by atoms with van der Waals surface area (Å²) in [6.45, 7) is 1.57. The molecule has 0 aliphatic rings. The number of anilines is 1. The van der Waals surface area contributed by atoms with E-state index < -0.39 is 10.0 Å². The first kappa shape index (κ1) is 12.3. The van der Waals surface area contributed by atoms with Crippen LogP contribution in [0.25, 0.3) is 0 Å². The molecule has 0 aliphatic carbocycles. The summed E-state index contributed by atoms with van der Waals surface area (Å²) >= 11 is 6.97. The highest BCUT2D eigenvalue weighted by Crippen LogP contribution is 2.26. The van der Waals surface area contributed by atoms with Crippen molar-refractivity contribution in [3.63, 3.8) is 0 Å². The van der Waals surface area contributed by atoms with Crippen LogP contribution in [-0.2, 0) is 17.1 Å². The summed E-state index contributed by atoms with van der Waals surface area (Å²) in [7, 11) is -2.21. The number of aromatic nitrogens is 4. The number of rotatable bonds is 3. The summed E-state index contributed by atoms with van der Waals surface area (Å²) < 4.78 is 27.7. The molecule has 0 saturated heterocycles. The predicted molar refractivity (Wildman–Crippen MR) is 63.7 cm³/mol. The number of hydrogen-bond acceptors (Lipinski definition) is 6. The number of nitrogens with one attached hydrogen (secondary N) is 1. The van der Waals surface area contributed by atoms with Crippen molar-refractivity contribution in [1.82, 2.24) is 20.0 Å². The minimum atomic E-state index is -3.78. The SMILES string of the molecule is Cc1nn(C)c(Cl)c1S(=O)(=O)Nc1nncs1. The normalized spacial score (nSPS) is 11.7. The van der Waals surface area contributed by atoms with Gasteiger partial charge in [-0.15, -0.1) is 10.2 Å². The first-order chi connectivity index (χ1) is 7.92. The molecule has 0 atom stereocenters. The molecular formula is C7H8ClN5O2S2. The van der Waals surface area contributed by atoms with Gasteiger partial charge in [0.25, 0.3) is 10.0 Å². The van der Waals surface area contributed by atoms with Crippen LogP contribution in [0.5, 0.6) is 0 Å². The predicted octanol–water partition coefficient (Wildman–Crippen LogP) is 1.03. The molecule has 0 radical (unpaired) electrons. The molecule has 0 aliphatic heterocycles. The summed E-state index contributed by atoms with van der Waals surface area (Å²) in [5.74, 6) is 0. The summed E-state index contributed by atoms with van der Waals surface area (Å²) in [4.78, 5) is -0.0446. The first-order valence-electron chi connectivity index (χ1n) is 4.40. The van der Waals surface area contributed by atoms with Crippen molar-refractivity contribution >= 4 is 38.1 Å². The molecule has 2 aromatic heterocycles. The Bertz CT molecular complexity index is 634. The molecule has 0 spiro atoms. The molecule has 92 valence electrons. The van der Waals surface area contributed by atoms with Crippen LogP contribution < -0.4 is 4.72 Å². The minimum Gasteiger partial charge on any atom is -0.255 e. The van der Waals surface area contributed by atoms with Gasteiger partial charge in [-0.2, -0.15) is 5.10 Å². The fourth-order valence-electron chi connectivity index (χ4n) is 1.30. The molecule has 17 heavy (non-hydrogen) atoms. The summed E-state index contributed by atoms with van der Waals surface area (Å²) in [5.41, 5.74) is 1.75. The van der Waals surface area contributed by atoms with Gasteiger partial charge in [-0.1, -0.05) is 22.9 Å². The van der Waals surface area contributed by atoms with Crippen molar-refractivity contribution in [3.8, 4) is 0 Å². The smallest absolute Gasteiger partial charge is 0.255 e. The van der Waals surface area contributed by atoms with Crippen LogP contribution in [0.1, 0.15) is 5.69 Å². The number of hydrogen-bond donors (Lipinski definition) is 1. The van der Waals surface area contributed by atoms with Gasteiger partial charge in [-0.3, -0.25) is 9.40 Å². The van der Waals surface area contributed by atoms with Gasteiger partial charge in [0.1, 0.15) is 15.6 Å². The highest BCUT2D eigenvalue weighted by molar-refractivity contribution is 7.93. The van der Waals surface area contributed by atoms with Crippen LogP contribution in [-0.4, -0.2) is 28.4 Å². The maximum Gasteiger partial charge on any atom is 0.268 e. The van der Waals surface area contributed by atoms with Crippen LogP contribution in [0.4, 0.5) is 5.13 Å². The molecule has 0 saturated carbocycles. The van der Waals surface area contributed by atoms with Crippen LogP contribution in [0.2, 0.25) is 5.15 Å². The number of aryl methyl sites for hydroxylation is 2. The van der Waals surface area contributed by atoms with Gasteiger partial charge in [0.2, 0.25) is 5.13 Å². The standard InChI is InChI=1S/C7H8ClN5O2S2/c1-4-5(6(8)13(2)11-4)17(14,15)12-7-10-9-3-16-7/h3H,1-2H3,(H,10,12). The van der Waals surface area contributed by atoms with Gasteiger partial charge in [0.15, 0.2) is 0 Å². The molecule has 2 rings (SSSR count). The van der Waals surface area contributed by atoms with Gasteiger partial charge in [-0.05, 0) is 6.92 Å². The molecule has 2 aromatic rings. The lowest BCUT2D eigenvalue weighted by Crippen LogP contribution is -2.14. The third-order valence-corrected chi connectivity index (χ3v) is 4.72. The van der Waals surface area contributed by atoms with E-state index in [0.29, 0.717) is 5.69 Å². The van der Waals surface area contributed by atoms with Crippen molar-refractivity contribution in [3.05, 3.63) is 16.4 Å². The molecule has 7 nitrogen and oxygen atoms in total. The van der Waals surface area contributed by atoms with Gasteiger partial charge >= 0.3 is 0 Å². The van der Waals surface area contributed by atoms with E-state index in [1.54, 1.807) is 14.0 Å². The molecule has 0 amide bonds. The highest BCUT2D eigenvalue weighted by atomic mass is 35.5. The third-order valence-electron chi connectivity index (χ3n) is 1.95. The Morgan fingerprint density at radius 2 is 2.24 bits per heavy atom. The Morgan fingerprint density at radius 1 is 1.53 bits per heavy atom. The largest absolute Gasteiger partial charge is 0.268 e. The highest BCUT2D eigenvalue weighted by Gasteiger charge is 2.25. The van der Waals surface area contributed by atoms with Crippen molar-refractivity contribution in [2.45, 2.75) is 11.8 Å². The molecule has 0 fully saturated rings. The molecule has 2 heterocycles. The van der Waals surface area contributed by atoms with Gasteiger partial charge in [-0.25, -0.2) is 8.42 Å². The third kappa shape index (κ3) is 2.26. The van der Waals surface area contributed by atoms with E-state index in [9.17, 15) is 8.42 Å². The average Bonchev–Trinajstić information content (AvgIpc) is 2.76. The van der Waals surface area contributed by atoms with Crippen molar-refractivity contribution < 1.29 is 8.42 Å². The van der Waals surface area contributed by atoms with E-state index in [4.69, 9.17) is 11.6 Å². The molecule has 0 bridgehead atoms. The maximum atomic E-state index is 12.0. The van der Waals surface area contributed by atoms with E-state index in [1.807, 2.05) is 0 Å². The van der Waals surface area contributed by atoms with E-state index in [-0.39, 0.29) is 15.2 Å². The Kier molecular flexibility index (Phi) is 3.06. The number of sulfonamides is 1. The van der Waals surface area contributed by atoms with E-state index in [1.165, 1.54) is 10.2 Å². The zero-order valence-corrected chi connectivity index (χ0v) is 11.3. The van der Waals surface area contributed by atoms with Gasteiger partial charge in [0, 0.05) is 7.05 Å². The van der Waals surface area contributed by atoms with Crippen LogP contribution >= 0.6 is 22.9 Å². The van der Waals surface area contributed by atoms with E-state index in [0.717, 1.165) is 11.3 Å². The molecule has 10 heteroatoms. The molecular weight excluding hydrogens is 286 g/mol. The molecule has 0 unspecified atom stereocenters. The Hall–Kier alpha value is -1.19. The fourth-order valence-corrected chi connectivity index (χ4v) is 3.74. The minimum absolute atomic E-state index is 0.0446. The topological polar surface area (TPSA) is 89.8 Å². The second-order valence-corrected chi connectivity index (χ2v) is 5.99. The van der Waals surface area contributed by atoms with Crippen molar-refractivity contribution in [1.29, 1.82) is 0 Å². The van der Waals surface area contributed by atoms with Crippen LogP contribution in [0, 0.1) is 6.92 Å². The monoisotopic (exact) mass is 293 g/mol. The first-order valence-corrected chi connectivity index (χ1v) is 7.14. The Labute approximate surface area is 106 Å². The zero-order chi connectivity index (χ0) is 12.6. The summed E-state index contributed by atoms with van der Waals surface area (Å²) in [6.07, 6.45) is 0. The quantitative estimate of drug-likeness (QED) is 0.913. The van der Waals surface area contributed by atoms with E-state index in [2.05, 4.69) is 20.0 Å². The average molecular weight is 294 g/mol. The number of halogens is 1. The summed E-state index contributed by atoms with van der Waals surface area (Å²) in [6, 6.07) is 0. The second-order valence-electron chi connectivity index (χ2n) is 3.18. The number of nitrogens with zero attached hydrogens (tertiary/aromatic N) is 4. The summed E-state index contributed by atoms with van der Waals surface area (Å²) in [5, 5.41) is 11.3. The zero-order valence-electron chi connectivity index (χ0n) is 8.88. The Balaban J connectivity index is 2.45. The fraction of sp³-hybridized carbons (Fsp3) is 0.286. The van der Waals surface area contributed by atoms with Crippen molar-refractivity contribution in [2.75, 3.05) is 4.72 Å². The van der Waals surface area contributed by atoms with Gasteiger partial charge in [0.05, 0.1) is 5.69 Å². The lowest BCUT2D eigenvalue weighted by molar-refractivity contribution is 0.600. The lowest BCUT2D eigenvalue weighted by atomic mass is 10.5. The van der Waals surface area contributed by atoms with Gasteiger partial charge < -0.3 is 0 Å². The second kappa shape index (κ2) is 4.24. The van der Waals surface area contributed by atoms with E-state index >= 15 is 0 Å². The lowest BCUT2D eigenvalue weighted by Gasteiger charge is -2.03. The Morgan fingerprint density at radius 3 is 2.71 bits per heavy atom. The van der Waals surface area contributed by atoms with Crippen LogP contribution in [0.3, 0.4) is 0 Å². The van der Waals surface area contributed by atoms with Crippen molar-refractivity contribution in [2.24, 2.45) is 7.05 Å². The molecule has 0 aromatic carbocycles. The molecule has 1 N–H and O–H groups in total. The maximum absolute atomic E-state index is 12.0. The van der Waals surface area contributed by atoms with Crippen LogP contribution in [0.15, 0.2) is 10.4 Å².